The molecular formula is C15H16FN5O. The van der Waals surface area contributed by atoms with E-state index in [9.17, 15) is 4.39 Å². The summed E-state index contributed by atoms with van der Waals surface area (Å²) in [6, 6.07) is 6.54. The Kier molecular flexibility index (Phi) is 4.24. The zero-order valence-electron chi connectivity index (χ0n) is 11.9. The van der Waals surface area contributed by atoms with Crippen LogP contribution in [0.5, 0.6) is 0 Å². The van der Waals surface area contributed by atoms with Crippen molar-refractivity contribution in [2.75, 3.05) is 18.5 Å². The van der Waals surface area contributed by atoms with Gasteiger partial charge in [0.05, 0.1) is 24.7 Å². The van der Waals surface area contributed by atoms with Gasteiger partial charge in [0.15, 0.2) is 5.65 Å². The van der Waals surface area contributed by atoms with E-state index in [1.807, 2.05) is 6.07 Å². The molecule has 3 rings (SSSR count). The summed E-state index contributed by atoms with van der Waals surface area (Å²) in [7, 11) is 0. The van der Waals surface area contributed by atoms with Crippen LogP contribution < -0.4 is 5.32 Å². The van der Waals surface area contributed by atoms with E-state index in [0.717, 1.165) is 10.9 Å². The van der Waals surface area contributed by atoms with Gasteiger partial charge in [-0.25, -0.2) is 19.0 Å². The van der Waals surface area contributed by atoms with Gasteiger partial charge in [-0.15, -0.1) is 0 Å². The van der Waals surface area contributed by atoms with Crippen LogP contribution in [-0.2, 0) is 13.0 Å². The molecule has 7 heteroatoms. The molecule has 0 bridgehead atoms. The molecule has 0 aliphatic rings. The number of rotatable bonds is 6. The van der Waals surface area contributed by atoms with E-state index in [4.69, 9.17) is 5.11 Å². The van der Waals surface area contributed by atoms with Gasteiger partial charge in [0, 0.05) is 6.54 Å². The lowest BCUT2D eigenvalue weighted by Crippen LogP contribution is -2.08. The number of nitrogens with one attached hydrogen (secondary N) is 1. The number of benzene rings is 1. The largest absolute Gasteiger partial charge is 0.394 e. The van der Waals surface area contributed by atoms with Crippen molar-refractivity contribution in [3.8, 4) is 0 Å². The van der Waals surface area contributed by atoms with Crippen LogP contribution in [0.15, 0.2) is 36.8 Å². The van der Waals surface area contributed by atoms with Crippen LogP contribution in [0, 0.1) is 5.82 Å². The van der Waals surface area contributed by atoms with Gasteiger partial charge in [-0.2, -0.15) is 5.10 Å². The second-order valence-electron chi connectivity index (χ2n) is 4.86. The predicted octanol–water partition coefficient (Wildman–Crippen LogP) is 1.61. The minimum Gasteiger partial charge on any atom is -0.394 e. The summed E-state index contributed by atoms with van der Waals surface area (Å²) in [4.78, 5) is 8.40. The Bertz CT molecular complexity index is 773. The molecule has 0 atom stereocenters. The highest BCUT2D eigenvalue weighted by Gasteiger charge is 2.09. The SMILES string of the molecule is OCCn1ncc2c(NCCc3cccc(F)c3)ncnc21. The van der Waals surface area contributed by atoms with Gasteiger partial charge in [0.25, 0.3) is 0 Å². The van der Waals surface area contributed by atoms with Gasteiger partial charge in [0.2, 0.25) is 0 Å². The number of fused-ring (bicyclic) bond motifs is 1. The van der Waals surface area contributed by atoms with E-state index in [-0.39, 0.29) is 12.4 Å². The molecule has 0 saturated heterocycles. The first-order chi connectivity index (χ1) is 10.8. The average Bonchev–Trinajstić information content (AvgIpc) is 2.92. The standard InChI is InChI=1S/C15H16FN5O/c16-12-3-1-2-11(8-12)4-5-17-14-13-9-20-21(6-7-22)15(13)19-10-18-14/h1-3,8-10,22H,4-7H2,(H,17,18,19). The predicted molar refractivity (Wildman–Crippen MR) is 81.0 cm³/mol. The Morgan fingerprint density at radius 1 is 1.27 bits per heavy atom. The van der Waals surface area contributed by atoms with Gasteiger partial charge in [-0.3, -0.25) is 0 Å². The quantitative estimate of drug-likeness (QED) is 0.723. The van der Waals surface area contributed by atoms with Gasteiger partial charge < -0.3 is 10.4 Å². The van der Waals surface area contributed by atoms with E-state index < -0.39 is 0 Å². The fourth-order valence-electron chi connectivity index (χ4n) is 2.31. The van der Waals surface area contributed by atoms with E-state index in [2.05, 4.69) is 20.4 Å². The maximum Gasteiger partial charge on any atom is 0.163 e. The van der Waals surface area contributed by atoms with Crippen LogP contribution in [0.1, 0.15) is 5.56 Å². The number of aromatic nitrogens is 4. The van der Waals surface area contributed by atoms with Crippen molar-refractivity contribution in [2.45, 2.75) is 13.0 Å². The van der Waals surface area contributed by atoms with Crippen LogP contribution in [0.3, 0.4) is 0 Å². The van der Waals surface area contributed by atoms with Crippen molar-refractivity contribution in [3.05, 3.63) is 48.2 Å². The number of aliphatic hydroxyl groups is 1. The molecule has 2 aromatic heterocycles. The summed E-state index contributed by atoms with van der Waals surface area (Å²) in [6.07, 6.45) is 3.83. The Morgan fingerprint density at radius 3 is 3.00 bits per heavy atom. The molecule has 0 saturated carbocycles. The van der Waals surface area contributed by atoms with Crippen LogP contribution >= 0.6 is 0 Å². The summed E-state index contributed by atoms with van der Waals surface area (Å²) in [5, 5.41) is 17.2. The van der Waals surface area contributed by atoms with E-state index in [1.165, 1.54) is 18.5 Å². The maximum absolute atomic E-state index is 13.1. The summed E-state index contributed by atoms with van der Waals surface area (Å²) in [5.41, 5.74) is 1.60. The maximum atomic E-state index is 13.1. The number of nitrogens with zero attached hydrogens (tertiary/aromatic N) is 4. The number of anilines is 1. The molecule has 0 radical (unpaired) electrons. The molecule has 0 fully saturated rings. The topological polar surface area (TPSA) is 75.9 Å². The minimum atomic E-state index is -0.229. The third-order valence-corrected chi connectivity index (χ3v) is 3.34. The summed E-state index contributed by atoms with van der Waals surface area (Å²) >= 11 is 0. The fourth-order valence-corrected chi connectivity index (χ4v) is 2.31. The van der Waals surface area contributed by atoms with Crippen molar-refractivity contribution in [1.82, 2.24) is 19.7 Å². The van der Waals surface area contributed by atoms with E-state index >= 15 is 0 Å². The fraction of sp³-hybridized carbons (Fsp3) is 0.267. The lowest BCUT2D eigenvalue weighted by molar-refractivity contribution is 0.271. The second kappa shape index (κ2) is 6.48. The molecule has 0 amide bonds. The molecule has 0 aliphatic carbocycles. The first kappa shape index (κ1) is 14.4. The Labute approximate surface area is 126 Å². The van der Waals surface area contributed by atoms with Crippen LogP contribution in [0.4, 0.5) is 10.2 Å². The molecular weight excluding hydrogens is 285 g/mol. The van der Waals surface area contributed by atoms with Gasteiger partial charge in [-0.1, -0.05) is 12.1 Å². The third kappa shape index (κ3) is 3.04. The van der Waals surface area contributed by atoms with Crippen LogP contribution in [-0.4, -0.2) is 38.0 Å². The lowest BCUT2D eigenvalue weighted by atomic mass is 10.1. The number of aliphatic hydroxyl groups excluding tert-OH is 1. The van der Waals surface area contributed by atoms with E-state index in [1.54, 1.807) is 16.9 Å². The Morgan fingerprint density at radius 2 is 2.18 bits per heavy atom. The molecule has 0 aliphatic heterocycles. The molecule has 0 unspecified atom stereocenters. The van der Waals surface area contributed by atoms with Crippen molar-refractivity contribution < 1.29 is 9.50 Å². The zero-order valence-corrected chi connectivity index (χ0v) is 11.9. The highest BCUT2D eigenvalue weighted by molar-refractivity contribution is 5.86. The molecule has 2 heterocycles. The van der Waals surface area contributed by atoms with Crippen molar-refractivity contribution in [2.24, 2.45) is 0 Å². The molecule has 6 nitrogen and oxygen atoms in total. The first-order valence-electron chi connectivity index (χ1n) is 7.03. The van der Waals surface area contributed by atoms with Gasteiger partial charge >= 0.3 is 0 Å². The summed E-state index contributed by atoms with van der Waals surface area (Å²) in [6.45, 7) is 1.02. The molecule has 22 heavy (non-hydrogen) atoms. The normalized spacial score (nSPS) is 11.0. The smallest absolute Gasteiger partial charge is 0.163 e. The number of hydrogen-bond donors (Lipinski definition) is 2. The molecule has 0 spiro atoms. The number of halogens is 1. The lowest BCUT2D eigenvalue weighted by Gasteiger charge is -2.07. The van der Waals surface area contributed by atoms with Crippen molar-refractivity contribution in [1.29, 1.82) is 0 Å². The third-order valence-electron chi connectivity index (χ3n) is 3.34. The summed E-state index contributed by atoms with van der Waals surface area (Å²) < 4.78 is 14.8. The summed E-state index contributed by atoms with van der Waals surface area (Å²) in [5.74, 6) is 0.456. The Balaban J connectivity index is 1.71. The average molecular weight is 301 g/mol. The van der Waals surface area contributed by atoms with Crippen LogP contribution in [0.25, 0.3) is 11.0 Å². The number of hydrogen-bond acceptors (Lipinski definition) is 5. The van der Waals surface area contributed by atoms with E-state index in [0.29, 0.717) is 31.0 Å². The van der Waals surface area contributed by atoms with Crippen LogP contribution in [0.2, 0.25) is 0 Å². The van der Waals surface area contributed by atoms with Crippen molar-refractivity contribution in [3.63, 3.8) is 0 Å². The zero-order chi connectivity index (χ0) is 15.4. The van der Waals surface area contributed by atoms with Gasteiger partial charge in [-0.05, 0) is 24.1 Å². The monoisotopic (exact) mass is 301 g/mol. The highest BCUT2D eigenvalue weighted by atomic mass is 19.1. The van der Waals surface area contributed by atoms with Gasteiger partial charge in [0.1, 0.15) is 18.0 Å². The molecule has 3 aromatic rings. The van der Waals surface area contributed by atoms with Crippen molar-refractivity contribution >= 4 is 16.9 Å². The molecule has 2 N–H and O–H groups in total. The minimum absolute atomic E-state index is 0.00309. The molecule has 114 valence electrons. The molecule has 1 aromatic carbocycles. The highest BCUT2D eigenvalue weighted by Crippen LogP contribution is 2.18. The first-order valence-corrected chi connectivity index (χ1v) is 7.03. The Hall–Kier alpha value is -2.54. The second-order valence-corrected chi connectivity index (χ2v) is 4.86.